The van der Waals surface area contributed by atoms with E-state index in [2.05, 4.69) is 23.8 Å². The van der Waals surface area contributed by atoms with Crippen LogP contribution in [0, 0.1) is 0 Å². The van der Waals surface area contributed by atoms with E-state index in [0.29, 0.717) is 5.02 Å². The van der Waals surface area contributed by atoms with E-state index in [9.17, 15) is 0 Å². The molecule has 0 aromatic carbocycles. The second kappa shape index (κ2) is 4.68. The molecule has 0 aliphatic rings. The summed E-state index contributed by atoms with van der Waals surface area (Å²) in [6, 6.07) is 4.03. The summed E-state index contributed by atoms with van der Waals surface area (Å²) in [4.78, 5) is 4.47. The first kappa shape index (κ1) is 11.2. The fraction of sp³-hybridized carbons (Fsp3) is 0.250. The number of nitrogens with zero attached hydrogens (tertiary/aromatic N) is 2. The number of hydrogen-bond donors (Lipinski definition) is 1. The second-order valence-electron chi connectivity index (χ2n) is 3.75. The zero-order chi connectivity index (χ0) is 11.5. The number of nitrogens with one attached hydrogen (secondary N) is 1. The molecule has 4 heteroatoms. The minimum absolute atomic E-state index is 0.286. The lowest BCUT2D eigenvalue weighted by Crippen LogP contribution is -2.22. The summed E-state index contributed by atoms with van der Waals surface area (Å²) in [6.45, 7) is 6.51. The molecule has 16 heavy (non-hydrogen) atoms. The predicted octanol–water partition coefficient (Wildman–Crippen LogP) is 2.65. The van der Waals surface area contributed by atoms with Crippen LogP contribution in [0.4, 0.5) is 0 Å². The van der Waals surface area contributed by atoms with Crippen LogP contribution in [0.2, 0.25) is 5.02 Å². The molecule has 0 saturated heterocycles. The largest absolute Gasteiger partial charge is 0.305 e. The number of imidazole rings is 1. The molecule has 0 aliphatic carbocycles. The third-order valence-electron chi connectivity index (χ3n) is 2.42. The van der Waals surface area contributed by atoms with Gasteiger partial charge in [-0.3, -0.25) is 0 Å². The van der Waals surface area contributed by atoms with Crippen LogP contribution >= 0.6 is 11.6 Å². The fourth-order valence-corrected chi connectivity index (χ4v) is 1.62. The molecule has 2 heterocycles. The molecule has 3 nitrogen and oxygen atoms in total. The fourth-order valence-electron chi connectivity index (χ4n) is 1.45. The first-order valence-electron chi connectivity index (χ1n) is 5.18. The third-order valence-corrected chi connectivity index (χ3v) is 2.65. The number of halogens is 1. The number of pyridine rings is 1. The van der Waals surface area contributed by atoms with Crippen LogP contribution in [0.15, 0.2) is 37.2 Å². The number of fused-ring (bicyclic) bond motifs is 1. The Kier molecular flexibility index (Phi) is 3.27. The van der Waals surface area contributed by atoms with Crippen LogP contribution < -0.4 is 5.32 Å². The van der Waals surface area contributed by atoms with Gasteiger partial charge in [0.25, 0.3) is 0 Å². The van der Waals surface area contributed by atoms with Gasteiger partial charge in [0.15, 0.2) is 0 Å². The van der Waals surface area contributed by atoms with Crippen LogP contribution in [-0.4, -0.2) is 15.4 Å². The van der Waals surface area contributed by atoms with Crippen molar-refractivity contribution in [2.24, 2.45) is 0 Å². The van der Waals surface area contributed by atoms with Crippen LogP contribution in [0.5, 0.6) is 0 Å². The molecule has 0 fully saturated rings. The van der Waals surface area contributed by atoms with Crippen molar-refractivity contribution in [1.29, 1.82) is 0 Å². The minimum Gasteiger partial charge on any atom is -0.305 e. The molecule has 1 N–H and O–H groups in total. The lowest BCUT2D eigenvalue weighted by Gasteiger charge is -2.05. The highest BCUT2D eigenvalue weighted by Gasteiger charge is 2.02. The summed E-state index contributed by atoms with van der Waals surface area (Å²) in [5, 5.41) is 4.01. The van der Waals surface area contributed by atoms with Gasteiger partial charge in [0.1, 0.15) is 5.65 Å². The van der Waals surface area contributed by atoms with Gasteiger partial charge in [0.05, 0.1) is 10.7 Å². The summed E-state index contributed by atoms with van der Waals surface area (Å²) >= 11 is 5.90. The van der Waals surface area contributed by atoms with Gasteiger partial charge in [-0.2, -0.15) is 0 Å². The van der Waals surface area contributed by atoms with Crippen molar-refractivity contribution in [3.8, 4) is 0 Å². The second-order valence-corrected chi connectivity index (χ2v) is 4.19. The molecule has 2 rings (SSSR count). The Morgan fingerprint density at radius 3 is 3.12 bits per heavy atom. The highest BCUT2D eigenvalue weighted by molar-refractivity contribution is 6.30. The third kappa shape index (κ3) is 2.43. The molecule has 0 spiro atoms. The van der Waals surface area contributed by atoms with E-state index in [-0.39, 0.29) is 6.04 Å². The van der Waals surface area contributed by atoms with E-state index >= 15 is 0 Å². The smallest absolute Gasteiger partial charge is 0.137 e. The monoisotopic (exact) mass is 235 g/mol. The Bertz CT molecular complexity index is 504. The first-order valence-corrected chi connectivity index (χ1v) is 5.56. The van der Waals surface area contributed by atoms with E-state index < -0.39 is 0 Å². The lowest BCUT2D eigenvalue weighted by atomic mass is 10.3. The molecule has 84 valence electrons. The van der Waals surface area contributed by atoms with Gasteiger partial charge < -0.3 is 9.72 Å². The Morgan fingerprint density at radius 2 is 2.38 bits per heavy atom. The molecule has 1 unspecified atom stereocenters. The van der Waals surface area contributed by atoms with Crippen LogP contribution in [0.1, 0.15) is 12.6 Å². The maximum absolute atomic E-state index is 5.90. The predicted molar refractivity (Wildman–Crippen MR) is 66.7 cm³/mol. The van der Waals surface area contributed by atoms with E-state index in [4.69, 9.17) is 11.6 Å². The number of rotatable bonds is 4. The summed E-state index contributed by atoms with van der Waals surface area (Å²) in [7, 11) is 0. The summed E-state index contributed by atoms with van der Waals surface area (Å²) in [6.07, 6.45) is 5.70. The topological polar surface area (TPSA) is 29.3 Å². The van der Waals surface area contributed by atoms with Crippen molar-refractivity contribution in [1.82, 2.24) is 14.7 Å². The molecule has 1 atom stereocenters. The maximum atomic E-state index is 5.90. The van der Waals surface area contributed by atoms with Crippen molar-refractivity contribution in [3.05, 3.63) is 47.9 Å². The van der Waals surface area contributed by atoms with Crippen LogP contribution in [0.3, 0.4) is 0 Å². The number of hydrogen-bond acceptors (Lipinski definition) is 2. The van der Waals surface area contributed by atoms with Crippen molar-refractivity contribution in [3.63, 3.8) is 0 Å². The Hall–Kier alpha value is -1.32. The maximum Gasteiger partial charge on any atom is 0.137 e. The SMILES string of the molecule is C=CC(C)NCc1cn2cc(Cl)ccc2n1. The molecule has 0 bridgehead atoms. The van der Waals surface area contributed by atoms with Crippen molar-refractivity contribution in [2.75, 3.05) is 0 Å². The van der Waals surface area contributed by atoms with Crippen LogP contribution in [-0.2, 0) is 6.54 Å². The van der Waals surface area contributed by atoms with E-state index in [0.717, 1.165) is 17.9 Å². The average molecular weight is 236 g/mol. The lowest BCUT2D eigenvalue weighted by molar-refractivity contribution is 0.626. The molecule has 2 aromatic heterocycles. The summed E-state index contributed by atoms with van der Waals surface area (Å²) < 4.78 is 1.93. The Balaban J connectivity index is 2.16. The van der Waals surface area contributed by atoms with Crippen molar-refractivity contribution >= 4 is 17.2 Å². The highest BCUT2D eigenvalue weighted by atomic mass is 35.5. The van der Waals surface area contributed by atoms with Gasteiger partial charge in [0, 0.05) is 25.0 Å². The quantitative estimate of drug-likeness (QED) is 0.826. The molecular weight excluding hydrogens is 222 g/mol. The summed E-state index contributed by atoms with van der Waals surface area (Å²) in [5.41, 5.74) is 1.91. The highest BCUT2D eigenvalue weighted by Crippen LogP contribution is 2.11. The van der Waals surface area contributed by atoms with Gasteiger partial charge in [-0.15, -0.1) is 6.58 Å². The summed E-state index contributed by atoms with van der Waals surface area (Å²) in [5.74, 6) is 0. The van der Waals surface area contributed by atoms with Crippen LogP contribution in [0.25, 0.3) is 5.65 Å². The van der Waals surface area contributed by atoms with Gasteiger partial charge in [-0.25, -0.2) is 4.98 Å². The molecule has 0 aliphatic heterocycles. The van der Waals surface area contributed by atoms with Gasteiger partial charge in [-0.1, -0.05) is 17.7 Å². The molecule has 0 saturated carbocycles. The Labute approximate surface area is 99.8 Å². The van der Waals surface area contributed by atoms with Gasteiger partial charge >= 0.3 is 0 Å². The molecule has 0 radical (unpaired) electrons. The zero-order valence-electron chi connectivity index (χ0n) is 9.15. The zero-order valence-corrected chi connectivity index (χ0v) is 9.91. The molecule has 0 amide bonds. The first-order chi connectivity index (χ1) is 7.69. The van der Waals surface area contributed by atoms with E-state index in [1.807, 2.05) is 35.0 Å². The Morgan fingerprint density at radius 1 is 1.56 bits per heavy atom. The van der Waals surface area contributed by atoms with Crippen molar-refractivity contribution in [2.45, 2.75) is 19.5 Å². The van der Waals surface area contributed by atoms with Gasteiger partial charge in [0.2, 0.25) is 0 Å². The van der Waals surface area contributed by atoms with Gasteiger partial charge in [-0.05, 0) is 19.1 Å². The standard InChI is InChI=1S/C12H14ClN3/c1-3-9(2)14-6-11-8-16-7-10(13)4-5-12(16)15-11/h3-5,7-9,14H,1,6H2,2H3. The molecule has 2 aromatic rings. The minimum atomic E-state index is 0.286. The number of aromatic nitrogens is 2. The van der Waals surface area contributed by atoms with Crippen molar-refractivity contribution < 1.29 is 0 Å². The molecular formula is C12H14ClN3. The average Bonchev–Trinajstić information content (AvgIpc) is 2.67. The normalized spacial score (nSPS) is 12.9. The van der Waals surface area contributed by atoms with E-state index in [1.54, 1.807) is 0 Å². The van der Waals surface area contributed by atoms with E-state index in [1.165, 1.54) is 0 Å².